The van der Waals surface area contributed by atoms with E-state index in [0.717, 1.165) is 64.8 Å². The number of fused-ring (bicyclic) bond motifs is 1. The number of halogens is 1. The first-order chi connectivity index (χ1) is 14.4. The van der Waals surface area contributed by atoms with E-state index in [9.17, 15) is 4.79 Å². The summed E-state index contributed by atoms with van der Waals surface area (Å²) in [4.78, 5) is 17.2. The summed E-state index contributed by atoms with van der Waals surface area (Å²) in [7, 11) is 0. The Morgan fingerprint density at radius 1 is 1.27 bits per heavy atom. The first-order valence-electron chi connectivity index (χ1n) is 10.6. The predicted molar refractivity (Wildman–Crippen MR) is 124 cm³/mol. The number of likely N-dealkylation sites (tertiary alicyclic amines) is 1. The van der Waals surface area contributed by atoms with Gasteiger partial charge in [0, 0.05) is 42.6 Å². The Kier molecular flexibility index (Phi) is 6.46. The third-order valence-electron chi connectivity index (χ3n) is 5.61. The van der Waals surface area contributed by atoms with Crippen LogP contribution in [0.2, 0.25) is 5.02 Å². The number of amides is 1. The summed E-state index contributed by atoms with van der Waals surface area (Å²) < 4.78 is 2.05. The number of piperidine rings is 1. The number of hydrogen-bond donors (Lipinski definition) is 1. The van der Waals surface area contributed by atoms with E-state index in [4.69, 9.17) is 11.6 Å². The second kappa shape index (κ2) is 9.08. The Morgan fingerprint density at radius 3 is 2.63 bits per heavy atom. The maximum Gasteiger partial charge on any atom is 0.261 e. The van der Waals surface area contributed by atoms with Gasteiger partial charge in [0.15, 0.2) is 0 Å². The molecular weight excluding hydrogens is 416 g/mol. The van der Waals surface area contributed by atoms with Crippen LogP contribution in [-0.2, 0) is 13.1 Å². The third kappa shape index (κ3) is 4.88. The molecule has 4 rings (SSSR count). The van der Waals surface area contributed by atoms with Gasteiger partial charge < -0.3 is 5.32 Å². The van der Waals surface area contributed by atoms with Gasteiger partial charge in [0.05, 0.1) is 10.6 Å². The standard InChI is InChI=1S/C23H29ClN4OS/c1-15(2)13-28-23-20(16(3)26-28)12-21(30-23)22(29)25-19-8-10-27(11-9-19)14-17-4-6-18(24)7-5-17/h4-7,12,15,19H,8-11,13-14H2,1-3H3,(H,25,29). The Balaban J connectivity index is 1.34. The molecule has 1 fully saturated rings. The Bertz CT molecular complexity index is 1020. The molecule has 0 bridgehead atoms. The fraction of sp³-hybridized carbons (Fsp3) is 0.478. The lowest BCUT2D eigenvalue weighted by Gasteiger charge is -2.32. The molecule has 5 nitrogen and oxygen atoms in total. The van der Waals surface area contributed by atoms with Crippen LogP contribution in [0.1, 0.15) is 47.6 Å². The molecule has 1 aliphatic heterocycles. The van der Waals surface area contributed by atoms with Gasteiger partial charge in [-0.15, -0.1) is 11.3 Å². The molecule has 1 aliphatic rings. The molecule has 7 heteroatoms. The monoisotopic (exact) mass is 444 g/mol. The molecule has 0 aliphatic carbocycles. The molecule has 0 radical (unpaired) electrons. The van der Waals surface area contributed by atoms with Gasteiger partial charge in [-0.3, -0.25) is 14.4 Å². The highest BCUT2D eigenvalue weighted by atomic mass is 35.5. The molecule has 0 atom stereocenters. The SMILES string of the molecule is Cc1nn(CC(C)C)c2sc(C(=O)NC3CCN(Cc4ccc(Cl)cc4)CC3)cc12. The summed E-state index contributed by atoms with van der Waals surface area (Å²) in [6.07, 6.45) is 1.95. The van der Waals surface area contributed by atoms with E-state index in [-0.39, 0.29) is 11.9 Å². The Hall–Kier alpha value is -1.89. The number of aromatic nitrogens is 2. The largest absolute Gasteiger partial charge is 0.349 e. The smallest absolute Gasteiger partial charge is 0.261 e. The average molecular weight is 445 g/mol. The number of nitrogens with zero attached hydrogens (tertiary/aromatic N) is 3. The summed E-state index contributed by atoms with van der Waals surface area (Å²) in [5.41, 5.74) is 2.27. The molecule has 160 valence electrons. The maximum absolute atomic E-state index is 12.9. The van der Waals surface area contributed by atoms with Crippen LogP contribution in [0.3, 0.4) is 0 Å². The van der Waals surface area contributed by atoms with Crippen molar-refractivity contribution in [1.82, 2.24) is 20.0 Å². The number of benzene rings is 1. The van der Waals surface area contributed by atoms with Crippen molar-refractivity contribution in [3.63, 3.8) is 0 Å². The molecule has 3 heterocycles. The van der Waals surface area contributed by atoms with Crippen LogP contribution in [0.15, 0.2) is 30.3 Å². The van der Waals surface area contributed by atoms with E-state index in [1.54, 1.807) is 11.3 Å². The fourth-order valence-electron chi connectivity index (χ4n) is 4.03. The van der Waals surface area contributed by atoms with Crippen LogP contribution in [-0.4, -0.2) is 39.7 Å². The first-order valence-corrected chi connectivity index (χ1v) is 11.8. The summed E-state index contributed by atoms with van der Waals surface area (Å²) in [6, 6.07) is 10.3. The first kappa shape index (κ1) is 21.3. The number of nitrogens with one attached hydrogen (secondary N) is 1. The maximum atomic E-state index is 12.9. The molecule has 1 aromatic carbocycles. The minimum Gasteiger partial charge on any atom is -0.349 e. The zero-order valence-corrected chi connectivity index (χ0v) is 19.4. The molecule has 1 amide bonds. The van der Waals surface area contributed by atoms with Crippen molar-refractivity contribution in [3.8, 4) is 0 Å². The van der Waals surface area contributed by atoms with Crippen LogP contribution < -0.4 is 5.32 Å². The fourth-order valence-corrected chi connectivity index (χ4v) is 5.23. The predicted octanol–water partition coefficient (Wildman–Crippen LogP) is 5.11. The van der Waals surface area contributed by atoms with Crippen LogP contribution in [0, 0.1) is 12.8 Å². The van der Waals surface area contributed by atoms with Gasteiger partial charge in [0.2, 0.25) is 0 Å². The third-order valence-corrected chi connectivity index (χ3v) is 7.01. The van der Waals surface area contributed by atoms with Gasteiger partial charge in [-0.1, -0.05) is 37.6 Å². The number of aryl methyl sites for hydroxylation is 1. The number of rotatable bonds is 6. The highest BCUT2D eigenvalue weighted by molar-refractivity contribution is 7.20. The van der Waals surface area contributed by atoms with Gasteiger partial charge in [0.25, 0.3) is 5.91 Å². The number of carbonyl (C=O) groups excluding carboxylic acids is 1. The number of hydrogen-bond acceptors (Lipinski definition) is 4. The van der Waals surface area contributed by atoms with E-state index in [0.29, 0.717) is 5.92 Å². The van der Waals surface area contributed by atoms with E-state index in [1.807, 2.05) is 29.8 Å². The Morgan fingerprint density at radius 2 is 1.97 bits per heavy atom. The summed E-state index contributed by atoms with van der Waals surface area (Å²) in [5.74, 6) is 0.563. The van der Waals surface area contributed by atoms with Crippen molar-refractivity contribution in [2.45, 2.75) is 52.7 Å². The van der Waals surface area contributed by atoms with Gasteiger partial charge in [-0.2, -0.15) is 5.10 Å². The second-order valence-electron chi connectivity index (χ2n) is 8.64. The van der Waals surface area contributed by atoms with Crippen LogP contribution >= 0.6 is 22.9 Å². The molecule has 1 saturated heterocycles. The molecule has 0 unspecified atom stereocenters. The van der Waals surface area contributed by atoms with Gasteiger partial charge in [-0.05, 0) is 49.4 Å². The zero-order valence-electron chi connectivity index (χ0n) is 17.8. The van der Waals surface area contributed by atoms with Crippen molar-refractivity contribution >= 4 is 39.1 Å². The van der Waals surface area contributed by atoms with Gasteiger partial charge in [-0.25, -0.2) is 0 Å². The highest BCUT2D eigenvalue weighted by Gasteiger charge is 2.23. The van der Waals surface area contributed by atoms with Crippen LogP contribution in [0.5, 0.6) is 0 Å². The van der Waals surface area contributed by atoms with Gasteiger partial charge >= 0.3 is 0 Å². The quantitative estimate of drug-likeness (QED) is 0.574. The average Bonchev–Trinajstić information content (AvgIpc) is 3.26. The van der Waals surface area contributed by atoms with Crippen molar-refractivity contribution in [3.05, 3.63) is 51.5 Å². The molecule has 1 N–H and O–H groups in total. The zero-order chi connectivity index (χ0) is 21.3. The van der Waals surface area contributed by atoms with E-state index in [2.05, 4.69) is 41.3 Å². The molecule has 3 aromatic rings. The van der Waals surface area contributed by atoms with Gasteiger partial charge in [0.1, 0.15) is 4.83 Å². The topological polar surface area (TPSA) is 50.2 Å². The number of thiophene rings is 1. The molecule has 0 spiro atoms. The van der Waals surface area contributed by atoms with Crippen molar-refractivity contribution in [1.29, 1.82) is 0 Å². The second-order valence-corrected chi connectivity index (χ2v) is 10.1. The normalized spacial score (nSPS) is 15.9. The summed E-state index contributed by atoms with van der Waals surface area (Å²) >= 11 is 7.53. The highest BCUT2D eigenvalue weighted by Crippen LogP contribution is 2.29. The van der Waals surface area contributed by atoms with Crippen molar-refractivity contribution in [2.24, 2.45) is 5.92 Å². The van der Waals surface area contributed by atoms with E-state index < -0.39 is 0 Å². The van der Waals surface area contributed by atoms with Crippen molar-refractivity contribution in [2.75, 3.05) is 13.1 Å². The molecule has 30 heavy (non-hydrogen) atoms. The minimum absolute atomic E-state index is 0.0443. The Labute approximate surface area is 187 Å². The minimum atomic E-state index is 0.0443. The summed E-state index contributed by atoms with van der Waals surface area (Å²) in [5, 5.41) is 9.76. The summed E-state index contributed by atoms with van der Waals surface area (Å²) in [6.45, 7) is 10.2. The van der Waals surface area contributed by atoms with Crippen LogP contribution in [0.4, 0.5) is 0 Å². The number of carbonyl (C=O) groups is 1. The van der Waals surface area contributed by atoms with E-state index in [1.165, 1.54) is 5.56 Å². The molecular formula is C23H29ClN4OS. The lowest BCUT2D eigenvalue weighted by atomic mass is 10.0. The lowest BCUT2D eigenvalue weighted by molar-refractivity contribution is 0.0913. The van der Waals surface area contributed by atoms with Crippen molar-refractivity contribution < 1.29 is 4.79 Å². The lowest BCUT2D eigenvalue weighted by Crippen LogP contribution is -2.44. The van der Waals surface area contributed by atoms with Crippen LogP contribution in [0.25, 0.3) is 10.2 Å². The molecule has 2 aromatic heterocycles. The molecule has 0 saturated carbocycles. The van der Waals surface area contributed by atoms with E-state index >= 15 is 0 Å².